The van der Waals surface area contributed by atoms with Crippen LogP contribution in [0, 0.1) is 0 Å². The second-order valence-corrected chi connectivity index (χ2v) is 7.06. The summed E-state index contributed by atoms with van der Waals surface area (Å²) in [5, 5.41) is 2.91. The van der Waals surface area contributed by atoms with Gasteiger partial charge in [0.25, 0.3) is 5.91 Å². The Balaban J connectivity index is 1.72. The standard InChI is InChI=1S/C21H26N4O2/c1-3-4-6-15-9-10-18(23-12-15)20(26)24-17-8-5-7-16(11-17)21(2)14-27-13-19(22)25-21/h5,7-12H,3-4,6,13-14H2,1-2H3,(H2,22,25)(H,24,26). The number of carbonyl (C=O) groups is 1. The molecule has 1 amide bonds. The maximum Gasteiger partial charge on any atom is 0.274 e. The van der Waals surface area contributed by atoms with Gasteiger partial charge in [-0.15, -0.1) is 0 Å². The Morgan fingerprint density at radius 1 is 1.33 bits per heavy atom. The molecule has 27 heavy (non-hydrogen) atoms. The van der Waals surface area contributed by atoms with E-state index in [0.717, 1.165) is 30.4 Å². The molecule has 1 unspecified atom stereocenters. The zero-order valence-electron chi connectivity index (χ0n) is 15.9. The first kappa shape index (κ1) is 19.0. The van der Waals surface area contributed by atoms with Gasteiger partial charge in [0, 0.05) is 11.9 Å². The van der Waals surface area contributed by atoms with Crippen LogP contribution in [0.2, 0.25) is 0 Å². The van der Waals surface area contributed by atoms with Gasteiger partial charge in [0.05, 0.1) is 6.61 Å². The number of aryl methyl sites for hydroxylation is 1. The second-order valence-electron chi connectivity index (χ2n) is 7.06. The largest absolute Gasteiger partial charge is 0.386 e. The third-order valence-corrected chi connectivity index (χ3v) is 4.64. The summed E-state index contributed by atoms with van der Waals surface area (Å²) in [5.41, 5.74) is 8.45. The number of amides is 1. The summed E-state index contributed by atoms with van der Waals surface area (Å²) in [6, 6.07) is 11.3. The van der Waals surface area contributed by atoms with E-state index in [1.165, 1.54) is 0 Å². The van der Waals surface area contributed by atoms with E-state index in [-0.39, 0.29) is 5.91 Å². The minimum absolute atomic E-state index is 0.234. The van der Waals surface area contributed by atoms with Crippen LogP contribution in [0.25, 0.3) is 0 Å². The third-order valence-electron chi connectivity index (χ3n) is 4.64. The number of anilines is 1. The molecule has 0 spiro atoms. The van der Waals surface area contributed by atoms with Crippen LogP contribution in [0.5, 0.6) is 0 Å². The van der Waals surface area contributed by atoms with Crippen LogP contribution >= 0.6 is 0 Å². The molecule has 6 nitrogen and oxygen atoms in total. The van der Waals surface area contributed by atoms with Crippen molar-refractivity contribution in [3.05, 3.63) is 59.4 Å². The lowest BCUT2D eigenvalue weighted by atomic mass is 9.92. The molecule has 142 valence electrons. The van der Waals surface area contributed by atoms with E-state index in [1.54, 1.807) is 12.3 Å². The van der Waals surface area contributed by atoms with Crippen LogP contribution in [-0.4, -0.2) is 29.9 Å². The highest BCUT2D eigenvalue weighted by Gasteiger charge is 2.30. The maximum atomic E-state index is 12.5. The number of rotatable bonds is 6. The van der Waals surface area contributed by atoms with Gasteiger partial charge in [0.1, 0.15) is 23.7 Å². The SMILES string of the molecule is CCCCc1ccc(C(=O)Nc2cccc(C3(C)COCC(N)=N3)c2)nc1. The van der Waals surface area contributed by atoms with Crippen LogP contribution in [-0.2, 0) is 16.7 Å². The van der Waals surface area contributed by atoms with E-state index in [4.69, 9.17) is 10.5 Å². The fourth-order valence-corrected chi connectivity index (χ4v) is 3.10. The lowest BCUT2D eigenvalue weighted by Gasteiger charge is -2.30. The first-order valence-corrected chi connectivity index (χ1v) is 9.29. The molecular formula is C21H26N4O2. The molecule has 6 heteroatoms. The number of unbranched alkanes of at least 4 members (excludes halogenated alkanes) is 1. The molecule has 3 rings (SSSR count). The Bertz CT molecular complexity index is 832. The van der Waals surface area contributed by atoms with E-state index in [0.29, 0.717) is 30.4 Å². The van der Waals surface area contributed by atoms with Gasteiger partial charge in [-0.05, 0) is 49.1 Å². The Morgan fingerprint density at radius 2 is 2.19 bits per heavy atom. The Labute approximate surface area is 159 Å². The molecule has 0 saturated heterocycles. The van der Waals surface area contributed by atoms with Gasteiger partial charge in [0.2, 0.25) is 0 Å². The molecule has 0 radical (unpaired) electrons. The van der Waals surface area contributed by atoms with Crippen molar-refractivity contribution in [3.8, 4) is 0 Å². The van der Waals surface area contributed by atoms with Gasteiger partial charge in [-0.2, -0.15) is 0 Å². The third kappa shape index (κ3) is 4.71. The van der Waals surface area contributed by atoms with Crippen molar-refractivity contribution in [1.82, 2.24) is 4.98 Å². The molecule has 2 aromatic rings. The Hall–Kier alpha value is -2.73. The summed E-state index contributed by atoms with van der Waals surface area (Å²) in [5.74, 6) is 0.243. The summed E-state index contributed by atoms with van der Waals surface area (Å²) in [4.78, 5) is 21.3. The normalized spacial score (nSPS) is 19.4. The molecule has 0 aliphatic carbocycles. The van der Waals surface area contributed by atoms with E-state index < -0.39 is 5.54 Å². The molecule has 0 bridgehead atoms. The number of aromatic nitrogens is 1. The zero-order valence-corrected chi connectivity index (χ0v) is 15.9. The average molecular weight is 366 g/mol. The highest BCUT2D eigenvalue weighted by Crippen LogP contribution is 2.30. The molecule has 0 fully saturated rings. The van der Waals surface area contributed by atoms with Gasteiger partial charge in [-0.1, -0.05) is 31.5 Å². The Morgan fingerprint density at radius 3 is 2.89 bits per heavy atom. The van der Waals surface area contributed by atoms with Crippen LogP contribution in [0.4, 0.5) is 5.69 Å². The van der Waals surface area contributed by atoms with Gasteiger partial charge in [-0.25, -0.2) is 0 Å². The quantitative estimate of drug-likeness (QED) is 0.821. The smallest absolute Gasteiger partial charge is 0.274 e. The monoisotopic (exact) mass is 366 g/mol. The molecule has 0 saturated carbocycles. The van der Waals surface area contributed by atoms with Crippen LogP contribution in [0.3, 0.4) is 0 Å². The molecule has 1 aromatic carbocycles. The summed E-state index contributed by atoms with van der Waals surface area (Å²) in [7, 11) is 0. The number of nitrogens with zero attached hydrogens (tertiary/aromatic N) is 2. The summed E-state index contributed by atoms with van der Waals surface area (Å²) in [6.07, 6.45) is 5.02. The van der Waals surface area contributed by atoms with Crippen molar-refractivity contribution in [1.29, 1.82) is 0 Å². The van der Waals surface area contributed by atoms with Gasteiger partial charge >= 0.3 is 0 Å². The number of hydrogen-bond donors (Lipinski definition) is 2. The van der Waals surface area contributed by atoms with E-state index in [2.05, 4.69) is 22.2 Å². The van der Waals surface area contributed by atoms with Gasteiger partial charge < -0.3 is 15.8 Å². The minimum Gasteiger partial charge on any atom is -0.386 e. The number of ether oxygens (including phenoxy) is 1. The van der Waals surface area contributed by atoms with Crippen molar-refractivity contribution in [2.24, 2.45) is 10.7 Å². The highest BCUT2D eigenvalue weighted by atomic mass is 16.5. The summed E-state index contributed by atoms with van der Waals surface area (Å²) >= 11 is 0. The average Bonchev–Trinajstić information content (AvgIpc) is 2.67. The number of nitrogens with one attached hydrogen (secondary N) is 1. The lowest BCUT2D eigenvalue weighted by molar-refractivity contribution is 0.102. The van der Waals surface area contributed by atoms with Crippen LogP contribution in [0.15, 0.2) is 47.6 Å². The molecule has 1 aliphatic rings. The summed E-state index contributed by atoms with van der Waals surface area (Å²) in [6.45, 7) is 4.93. The van der Waals surface area contributed by atoms with Gasteiger partial charge in [0.15, 0.2) is 0 Å². The second kappa shape index (κ2) is 8.31. The number of nitrogens with two attached hydrogens (primary N) is 1. The minimum atomic E-state index is -0.553. The Kier molecular flexibility index (Phi) is 5.86. The topological polar surface area (TPSA) is 89.6 Å². The number of amidine groups is 1. The first-order chi connectivity index (χ1) is 13.0. The molecule has 1 atom stereocenters. The van der Waals surface area contributed by atoms with Crippen LogP contribution in [0.1, 0.15) is 48.3 Å². The van der Waals surface area contributed by atoms with Gasteiger partial charge in [-0.3, -0.25) is 14.8 Å². The van der Waals surface area contributed by atoms with E-state index in [9.17, 15) is 4.79 Å². The number of hydrogen-bond acceptors (Lipinski definition) is 5. The molecule has 1 aliphatic heterocycles. The van der Waals surface area contributed by atoms with Crippen molar-refractivity contribution in [3.63, 3.8) is 0 Å². The molecule has 2 heterocycles. The van der Waals surface area contributed by atoms with E-state index in [1.807, 2.05) is 37.3 Å². The highest BCUT2D eigenvalue weighted by molar-refractivity contribution is 6.02. The lowest BCUT2D eigenvalue weighted by Crippen LogP contribution is -2.37. The van der Waals surface area contributed by atoms with Crippen molar-refractivity contribution >= 4 is 17.4 Å². The van der Waals surface area contributed by atoms with E-state index >= 15 is 0 Å². The predicted octanol–water partition coefficient (Wildman–Crippen LogP) is 3.28. The van der Waals surface area contributed by atoms with Crippen molar-refractivity contribution in [2.75, 3.05) is 18.5 Å². The fraction of sp³-hybridized carbons (Fsp3) is 0.381. The fourth-order valence-electron chi connectivity index (χ4n) is 3.10. The molecule has 3 N–H and O–H groups in total. The summed E-state index contributed by atoms with van der Waals surface area (Å²) < 4.78 is 5.53. The van der Waals surface area contributed by atoms with Crippen LogP contribution < -0.4 is 11.1 Å². The maximum absolute atomic E-state index is 12.5. The number of benzene rings is 1. The first-order valence-electron chi connectivity index (χ1n) is 9.29. The van der Waals surface area contributed by atoms with Crippen molar-refractivity contribution in [2.45, 2.75) is 38.6 Å². The number of carbonyl (C=O) groups excluding carboxylic acids is 1. The number of pyridine rings is 1. The molecular weight excluding hydrogens is 340 g/mol. The van der Waals surface area contributed by atoms with Crippen molar-refractivity contribution < 1.29 is 9.53 Å². The predicted molar refractivity (Wildman–Crippen MR) is 107 cm³/mol. The zero-order chi connectivity index (χ0) is 19.3. The molecule has 1 aromatic heterocycles. The number of aliphatic imine (C=N–C) groups is 1.